The molecule has 1 heterocycles. The molecule has 1 unspecified atom stereocenters. The van der Waals surface area contributed by atoms with Crippen LogP contribution in [0.4, 0.5) is 0 Å². The number of carbonyl (C=O) groups is 2. The summed E-state index contributed by atoms with van der Waals surface area (Å²) in [6.07, 6.45) is 5.87. The Balaban J connectivity index is 1.81. The maximum absolute atomic E-state index is 12.5. The van der Waals surface area contributed by atoms with Crippen LogP contribution in [-0.2, 0) is 16.1 Å². The molecule has 2 N–H and O–H groups in total. The van der Waals surface area contributed by atoms with Crippen LogP contribution in [0.2, 0.25) is 0 Å². The third kappa shape index (κ3) is 5.30. The predicted molar refractivity (Wildman–Crippen MR) is 99.9 cm³/mol. The summed E-state index contributed by atoms with van der Waals surface area (Å²) in [7, 11) is 1.63. The third-order valence-electron chi connectivity index (χ3n) is 5.02. The van der Waals surface area contributed by atoms with Gasteiger partial charge in [0.25, 0.3) is 5.91 Å². The third-order valence-corrected chi connectivity index (χ3v) is 5.02. The van der Waals surface area contributed by atoms with Gasteiger partial charge in [-0.3, -0.25) is 14.3 Å². The Labute approximate surface area is 155 Å². The van der Waals surface area contributed by atoms with Crippen molar-refractivity contribution in [3.63, 3.8) is 0 Å². The van der Waals surface area contributed by atoms with Gasteiger partial charge in [-0.1, -0.05) is 6.92 Å². The van der Waals surface area contributed by atoms with Crippen molar-refractivity contribution in [3.8, 4) is 0 Å². The zero-order valence-corrected chi connectivity index (χ0v) is 16.4. The first-order valence-corrected chi connectivity index (χ1v) is 9.58. The van der Waals surface area contributed by atoms with Crippen molar-refractivity contribution in [1.29, 1.82) is 0 Å². The number of aromatic nitrogens is 2. The molecule has 0 spiro atoms. The summed E-state index contributed by atoms with van der Waals surface area (Å²) in [6.45, 7) is 7.29. The van der Waals surface area contributed by atoms with Gasteiger partial charge in [-0.05, 0) is 46.0 Å². The molecular weight excluding hydrogens is 332 g/mol. The number of amides is 2. The first-order chi connectivity index (χ1) is 12.5. The molecule has 2 rings (SSSR count). The summed E-state index contributed by atoms with van der Waals surface area (Å²) >= 11 is 0. The average Bonchev–Trinajstić information content (AvgIpc) is 2.97. The van der Waals surface area contributed by atoms with Crippen LogP contribution in [0.3, 0.4) is 0 Å². The minimum Gasteiger partial charge on any atom is -0.383 e. The van der Waals surface area contributed by atoms with E-state index in [2.05, 4.69) is 22.7 Å². The number of rotatable bonds is 8. The van der Waals surface area contributed by atoms with E-state index in [1.54, 1.807) is 13.3 Å². The highest BCUT2D eigenvalue weighted by Crippen LogP contribution is 2.25. The number of methoxy groups -OCH3 is 1. The SMILES string of the molecule is CCCn1ncc(C(=O)NC2CCC(C(=O)NC(C)COC)CC2)c1C. The van der Waals surface area contributed by atoms with Crippen molar-refractivity contribution >= 4 is 11.8 Å². The zero-order valence-electron chi connectivity index (χ0n) is 16.4. The Hall–Kier alpha value is -1.89. The molecule has 1 atom stereocenters. The van der Waals surface area contributed by atoms with Gasteiger partial charge < -0.3 is 15.4 Å². The molecule has 7 heteroatoms. The molecule has 0 bridgehead atoms. The van der Waals surface area contributed by atoms with E-state index >= 15 is 0 Å². The number of hydrogen-bond donors (Lipinski definition) is 2. The van der Waals surface area contributed by atoms with E-state index in [1.807, 2.05) is 18.5 Å². The van der Waals surface area contributed by atoms with Gasteiger partial charge in [-0.25, -0.2) is 0 Å². The first kappa shape index (κ1) is 20.4. The Morgan fingerprint density at radius 2 is 2.04 bits per heavy atom. The molecule has 1 saturated carbocycles. The minimum absolute atomic E-state index is 0.0209. The molecule has 1 aromatic heterocycles. The molecule has 0 radical (unpaired) electrons. The van der Waals surface area contributed by atoms with Gasteiger partial charge in [0.05, 0.1) is 18.4 Å². The highest BCUT2D eigenvalue weighted by molar-refractivity contribution is 5.95. The standard InChI is InChI=1S/C19H32N4O3/c1-5-10-23-14(3)17(11-20-23)19(25)22-16-8-6-15(7-9-16)18(24)21-13(2)12-26-4/h11,13,15-16H,5-10,12H2,1-4H3,(H,21,24)(H,22,25). The largest absolute Gasteiger partial charge is 0.383 e. The van der Waals surface area contributed by atoms with Gasteiger partial charge in [0.2, 0.25) is 5.91 Å². The fourth-order valence-corrected chi connectivity index (χ4v) is 3.52. The van der Waals surface area contributed by atoms with E-state index in [4.69, 9.17) is 4.74 Å². The maximum Gasteiger partial charge on any atom is 0.254 e. The normalized spacial score (nSPS) is 21.2. The fourth-order valence-electron chi connectivity index (χ4n) is 3.52. The summed E-state index contributed by atoms with van der Waals surface area (Å²) in [6, 6.07) is 0.143. The zero-order chi connectivity index (χ0) is 19.1. The Morgan fingerprint density at radius 1 is 1.35 bits per heavy atom. The van der Waals surface area contributed by atoms with Crippen molar-refractivity contribution in [2.45, 2.75) is 71.5 Å². The minimum atomic E-state index is -0.0635. The summed E-state index contributed by atoms with van der Waals surface area (Å²) < 4.78 is 6.92. The Morgan fingerprint density at radius 3 is 2.65 bits per heavy atom. The van der Waals surface area contributed by atoms with Crippen LogP contribution in [0.15, 0.2) is 6.20 Å². The predicted octanol–water partition coefficient (Wildman–Crippen LogP) is 2.04. The second-order valence-electron chi connectivity index (χ2n) is 7.25. The second-order valence-corrected chi connectivity index (χ2v) is 7.25. The Kier molecular flexibility index (Phi) is 7.63. The van der Waals surface area contributed by atoms with E-state index < -0.39 is 0 Å². The molecular formula is C19H32N4O3. The van der Waals surface area contributed by atoms with E-state index in [0.29, 0.717) is 12.2 Å². The molecule has 0 saturated heterocycles. The van der Waals surface area contributed by atoms with Crippen molar-refractivity contribution in [2.75, 3.05) is 13.7 Å². The molecule has 1 aliphatic rings. The van der Waals surface area contributed by atoms with Gasteiger partial charge in [0, 0.05) is 37.4 Å². The number of nitrogens with one attached hydrogen (secondary N) is 2. The summed E-state index contributed by atoms with van der Waals surface area (Å²) in [4.78, 5) is 24.8. The van der Waals surface area contributed by atoms with Gasteiger partial charge in [0.1, 0.15) is 0 Å². The van der Waals surface area contributed by atoms with Crippen LogP contribution in [0.5, 0.6) is 0 Å². The first-order valence-electron chi connectivity index (χ1n) is 9.58. The summed E-state index contributed by atoms with van der Waals surface area (Å²) in [5, 5.41) is 10.4. The molecule has 1 aromatic rings. The molecule has 146 valence electrons. The lowest BCUT2D eigenvalue weighted by Gasteiger charge is -2.29. The van der Waals surface area contributed by atoms with Crippen LogP contribution in [0.25, 0.3) is 0 Å². The summed E-state index contributed by atoms with van der Waals surface area (Å²) in [5.74, 6) is 0.0546. The number of nitrogens with zero attached hydrogens (tertiary/aromatic N) is 2. The number of carbonyl (C=O) groups excluding carboxylic acids is 2. The molecule has 2 amide bonds. The van der Waals surface area contributed by atoms with Crippen molar-refractivity contribution in [3.05, 3.63) is 17.5 Å². The quantitative estimate of drug-likeness (QED) is 0.739. The van der Waals surface area contributed by atoms with Gasteiger partial charge in [-0.15, -0.1) is 0 Å². The highest BCUT2D eigenvalue weighted by atomic mass is 16.5. The van der Waals surface area contributed by atoms with E-state index in [-0.39, 0.29) is 29.8 Å². The van der Waals surface area contributed by atoms with Crippen molar-refractivity contribution in [2.24, 2.45) is 5.92 Å². The topological polar surface area (TPSA) is 85.2 Å². The van der Waals surface area contributed by atoms with Crippen molar-refractivity contribution < 1.29 is 14.3 Å². The fraction of sp³-hybridized carbons (Fsp3) is 0.737. The maximum atomic E-state index is 12.5. The number of aryl methyl sites for hydroxylation is 1. The van der Waals surface area contributed by atoms with Crippen molar-refractivity contribution in [1.82, 2.24) is 20.4 Å². The average molecular weight is 364 g/mol. The molecule has 26 heavy (non-hydrogen) atoms. The van der Waals surface area contributed by atoms with E-state index in [0.717, 1.165) is 44.3 Å². The van der Waals surface area contributed by atoms with Crippen LogP contribution in [0.1, 0.15) is 62.0 Å². The molecule has 7 nitrogen and oxygen atoms in total. The smallest absolute Gasteiger partial charge is 0.254 e. The van der Waals surface area contributed by atoms with Gasteiger partial charge >= 0.3 is 0 Å². The highest BCUT2D eigenvalue weighted by Gasteiger charge is 2.28. The summed E-state index contributed by atoms with van der Waals surface area (Å²) in [5.41, 5.74) is 1.55. The monoisotopic (exact) mass is 364 g/mol. The van der Waals surface area contributed by atoms with Gasteiger partial charge in [0.15, 0.2) is 0 Å². The number of ether oxygens (including phenoxy) is 1. The van der Waals surface area contributed by atoms with Crippen LogP contribution in [0, 0.1) is 12.8 Å². The lowest BCUT2D eigenvalue weighted by Crippen LogP contribution is -2.43. The molecule has 0 aliphatic heterocycles. The molecule has 0 aromatic carbocycles. The molecule has 1 fully saturated rings. The van der Waals surface area contributed by atoms with E-state index in [9.17, 15) is 9.59 Å². The van der Waals surface area contributed by atoms with Crippen LogP contribution >= 0.6 is 0 Å². The van der Waals surface area contributed by atoms with E-state index in [1.165, 1.54) is 0 Å². The van der Waals surface area contributed by atoms with Crippen LogP contribution < -0.4 is 10.6 Å². The molecule has 1 aliphatic carbocycles. The lowest BCUT2D eigenvalue weighted by molar-refractivity contribution is -0.127. The lowest BCUT2D eigenvalue weighted by atomic mass is 9.85. The second kappa shape index (κ2) is 9.71. The van der Waals surface area contributed by atoms with Crippen LogP contribution in [-0.4, -0.2) is 47.4 Å². The number of hydrogen-bond acceptors (Lipinski definition) is 4. The Bertz CT molecular complexity index is 606. The van der Waals surface area contributed by atoms with Gasteiger partial charge in [-0.2, -0.15) is 5.10 Å².